The summed E-state index contributed by atoms with van der Waals surface area (Å²) in [5.41, 5.74) is 2.20. The molecule has 200 valence electrons. The van der Waals surface area contributed by atoms with Gasteiger partial charge >= 0.3 is 6.09 Å². The van der Waals surface area contributed by atoms with E-state index in [1.165, 1.54) is 0 Å². The molecule has 0 radical (unpaired) electrons. The first-order valence-corrected chi connectivity index (χ1v) is 12.9. The molecule has 2 heterocycles. The molecule has 2 amide bonds. The summed E-state index contributed by atoms with van der Waals surface area (Å²) < 4.78 is 22.9. The maximum Gasteiger partial charge on any atom is 0.410 e. The van der Waals surface area contributed by atoms with E-state index in [1.54, 1.807) is 13.2 Å². The van der Waals surface area contributed by atoms with Gasteiger partial charge in [-0.1, -0.05) is 18.2 Å². The summed E-state index contributed by atoms with van der Waals surface area (Å²) in [6.45, 7) is 10.2. The molecule has 0 saturated carbocycles. The van der Waals surface area contributed by atoms with Crippen molar-refractivity contribution in [3.05, 3.63) is 59.2 Å². The Labute approximate surface area is 219 Å². The van der Waals surface area contributed by atoms with E-state index < -0.39 is 5.60 Å². The van der Waals surface area contributed by atoms with Crippen molar-refractivity contribution in [2.24, 2.45) is 5.92 Å². The lowest BCUT2D eigenvalue weighted by molar-refractivity contribution is -0.00608. The van der Waals surface area contributed by atoms with Crippen LogP contribution in [0.4, 0.5) is 4.79 Å². The van der Waals surface area contributed by atoms with Crippen molar-refractivity contribution in [2.45, 2.75) is 58.2 Å². The van der Waals surface area contributed by atoms with E-state index in [1.807, 2.05) is 49.9 Å². The molecule has 1 saturated heterocycles. The number of hydrogen-bond acceptors (Lipinski definition) is 6. The molecule has 0 bridgehead atoms. The highest BCUT2D eigenvalue weighted by Crippen LogP contribution is 2.39. The number of nitrogens with zero attached hydrogens (tertiary/aromatic N) is 1. The van der Waals surface area contributed by atoms with Crippen LogP contribution in [0.3, 0.4) is 0 Å². The van der Waals surface area contributed by atoms with Crippen molar-refractivity contribution >= 4 is 12.0 Å². The van der Waals surface area contributed by atoms with Crippen molar-refractivity contribution in [3.8, 4) is 11.5 Å². The molecule has 0 aliphatic carbocycles. The van der Waals surface area contributed by atoms with E-state index in [9.17, 15) is 9.59 Å². The smallest absolute Gasteiger partial charge is 0.410 e. The second kappa shape index (κ2) is 11.4. The maximum absolute atomic E-state index is 13.0. The zero-order valence-corrected chi connectivity index (χ0v) is 22.4. The Hall–Kier alpha value is -3.26. The van der Waals surface area contributed by atoms with Gasteiger partial charge in [0.15, 0.2) is 0 Å². The minimum Gasteiger partial charge on any atom is -0.493 e. The fraction of sp³-hybridized carbons (Fsp3) is 0.517. The highest BCUT2D eigenvalue weighted by atomic mass is 16.6. The lowest BCUT2D eigenvalue weighted by atomic mass is 9.76. The summed E-state index contributed by atoms with van der Waals surface area (Å²) >= 11 is 0. The molecule has 8 heteroatoms. The van der Waals surface area contributed by atoms with Crippen molar-refractivity contribution in [2.75, 3.05) is 33.5 Å². The monoisotopic (exact) mass is 510 g/mol. The SMILES string of the molecule is COCCOc1cccc([C@@H]2CCN(C(=O)OC(C)(C)C)[C@H](C)[C@H]2COc2ccc3c(c2)C(=O)NC3)c1. The number of nitrogens with one attached hydrogen (secondary N) is 1. The molecule has 0 unspecified atom stereocenters. The van der Waals surface area contributed by atoms with Gasteiger partial charge in [-0.05, 0) is 75.4 Å². The molecule has 1 N–H and O–H groups in total. The number of amides is 2. The molecule has 0 spiro atoms. The Morgan fingerprint density at radius 1 is 1.08 bits per heavy atom. The van der Waals surface area contributed by atoms with Crippen LogP contribution in [0.5, 0.6) is 11.5 Å². The third kappa shape index (κ3) is 6.55. The minimum absolute atomic E-state index is 0.00225. The Morgan fingerprint density at radius 3 is 2.62 bits per heavy atom. The number of methoxy groups -OCH3 is 1. The number of fused-ring (bicyclic) bond motifs is 1. The minimum atomic E-state index is -0.571. The van der Waals surface area contributed by atoms with Crippen LogP contribution in [-0.4, -0.2) is 62.0 Å². The molecule has 2 aromatic rings. The van der Waals surface area contributed by atoms with E-state index in [4.69, 9.17) is 18.9 Å². The van der Waals surface area contributed by atoms with Gasteiger partial charge in [-0.2, -0.15) is 0 Å². The van der Waals surface area contributed by atoms with E-state index >= 15 is 0 Å². The van der Waals surface area contributed by atoms with Crippen LogP contribution in [0.25, 0.3) is 0 Å². The average Bonchev–Trinajstić information content (AvgIpc) is 3.22. The molecule has 4 rings (SSSR count). The molecular weight excluding hydrogens is 472 g/mol. The zero-order chi connectivity index (χ0) is 26.6. The number of piperidine rings is 1. The van der Waals surface area contributed by atoms with Gasteiger partial charge < -0.3 is 29.2 Å². The molecule has 8 nitrogen and oxygen atoms in total. The van der Waals surface area contributed by atoms with Crippen LogP contribution >= 0.6 is 0 Å². The van der Waals surface area contributed by atoms with E-state index in [0.29, 0.717) is 44.2 Å². The summed E-state index contributed by atoms with van der Waals surface area (Å²) in [5, 5.41) is 2.84. The highest BCUT2D eigenvalue weighted by Gasteiger charge is 2.40. The van der Waals surface area contributed by atoms with Crippen LogP contribution in [0, 0.1) is 5.92 Å². The third-order valence-electron chi connectivity index (χ3n) is 6.99. The maximum atomic E-state index is 13.0. The van der Waals surface area contributed by atoms with Gasteiger partial charge in [0.25, 0.3) is 5.91 Å². The van der Waals surface area contributed by atoms with Gasteiger partial charge in [0.05, 0.1) is 13.2 Å². The summed E-state index contributed by atoms with van der Waals surface area (Å²) in [6.07, 6.45) is 0.459. The predicted octanol–water partition coefficient (Wildman–Crippen LogP) is 4.76. The van der Waals surface area contributed by atoms with Crippen molar-refractivity contribution in [3.63, 3.8) is 0 Å². The molecule has 1 fully saturated rings. The summed E-state index contributed by atoms with van der Waals surface area (Å²) in [5.74, 6) is 1.51. The van der Waals surface area contributed by atoms with Gasteiger partial charge in [0, 0.05) is 37.7 Å². The number of rotatable bonds is 8. The molecule has 37 heavy (non-hydrogen) atoms. The number of carbonyl (C=O) groups excluding carboxylic acids is 2. The van der Waals surface area contributed by atoms with Crippen LogP contribution in [0.15, 0.2) is 42.5 Å². The fourth-order valence-corrected chi connectivity index (χ4v) is 5.06. The predicted molar refractivity (Wildman–Crippen MR) is 140 cm³/mol. The van der Waals surface area contributed by atoms with Crippen molar-refractivity contribution in [1.29, 1.82) is 0 Å². The van der Waals surface area contributed by atoms with E-state index in [-0.39, 0.29) is 29.9 Å². The average molecular weight is 511 g/mol. The first-order valence-electron chi connectivity index (χ1n) is 12.9. The van der Waals surface area contributed by atoms with Crippen molar-refractivity contribution < 1.29 is 28.5 Å². The highest BCUT2D eigenvalue weighted by molar-refractivity contribution is 5.98. The topological polar surface area (TPSA) is 86.3 Å². The van der Waals surface area contributed by atoms with Gasteiger partial charge in [0.1, 0.15) is 23.7 Å². The largest absolute Gasteiger partial charge is 0.493 e. The number of likely N-dealkylation sites (tertiary alicyclic amines) is 1. The quantitative estimate of drug-likeness (QED) is 0.515. The first kappa shape index (κ1) is 26.8. The van der Waals surface area contributed by atoms with Gasteiger partial charge in [-0.25, -0.2) is 4.79 Å². The summed E-state index contributed by atoms with van der Waals surface area (Å²) in [6, 6.07) is 13.6. The number of hydrogen-bond donors (Lipinski definition) is 1. The Morgan fingerprint density at radius 2 is 1.86 bits per heavy atom. The van der Waals surface area contributed by atoms with E-state index in [2.05, 4.69) is 24.4 Å². The third-order valence-corrected chi connectivity index (χ3v) is 6.99. The summed E-state index contributed by atoms with van der Waals surface area (Å²) in [7, 11) is 1.65. The summed E-state index contributed by atoms with van der Waals surface area (Å²) in [4.78, 5) is 27.0. The molecule has 0 aromatic heterocycles. The van der Waals surface area contributed by atoms with Gasteiger partial charge in [-0.3, -0.25) is 4.79 Å². The fourth-order valence-electron chi connectivity index (χ4n) is 5.06. The molecule has 2 aliphatic rings. The molecule has 2 aromatic carbocycles. The Balaban J connectivity index is 1.56. The molecular formula is C29H38N2O6. The van der Waals surface area contributed by atoms with Crippen LogP contribution in [-0.2, 0) is 16.0 Å². The standard InChI is InChI=1S/C29H38N2O6/c1-19-26(18-36-23-10-9-21-17-30-27(32)25(21)16-23)24(11-12-31(19)28(33)37-29(2,3)4)20-7-6-8-22(15-20)35-14-13-34-5/h6-10,15-16,19,24,26H,11-14,17-18H2,1-5H3,(H,30,32)/t19-,24+,26-/m1/s1. The van der Waals surface area contributed by atoms with Gasteiger partial charge in [0.2, 0.25) is 0 Å². The number of carbonyl (C=O) groups is 2. The normalized spacial score (nSPS) is 21.3. The number of benzene rings is 2. The Kier molecular flexibility index (Phi) is 8.27. The second-order valence-corrected chi connectivity index (χ2v) is 10.7. The first-order chi connectivity index (χ1) is 17.7. The van der Waals surface area contributed by atoms with Crippen molar-refractivity contribution in [1.82, 2.24) is 10.2 Å². The molecule has 3 atom stereocenters. The van der Waals surface area contributed by atoms with Crippen LogP contribution in [0.1, 0.15) is 61.5 Å². The number of ether oxygens (including phenoxy) is 4. The second-order valence-electron chi connectivity index (χ2n) is 10.7. The lowest BCUT2D eigenvalue weighted by Gasteiger charge is -2.44. The lowest BCUT2D eigenvalue weighted by Crippen LogP contribution is -2.52. The Bertz CT molecular complexity index is 1110. The van der Waals surface area contributed by atoms with E-state index in [0.717, 1.165) is 23.3 Å². The zero-order valence-electron chi connectivity index (χ0n) is 22.4. The van der Waals surface area contributed by atoms with Crippen LogP contribution < -0.4 is 14.8 Å². The van der Waals surface area contributed by atoms with Gasteiger partial charge in [-0.15, -0.1) is 0 Å². The molecule has 2 aliphatic heterocycles. The van der Waals surface area contributed by atoms with Crippen LogP contribution in [0.2, 0.25) is 0 Å².